The molecule has 1 fully saturated rings. The largest absolute Gasteiger partial charge is 0.391 e. The van der Waals surface area contributed by atoms with Crippen molar-refractivity contribution in [1.29, 1.82) is 0 Å². The van der Waals surface area contributed by atoms with Crippen LogP contribution in [-0.2, 0) is 52.8 Å². The van der Waals surface area contributed by atoms with Crippen molar-refractivity contribution in [3.8, 4) is 0 Å². The number of aromatic nitrogens is 1. The van der Waals surface area contributed by atoms with E-state index in [1.54, 1.807) is 13.1 Å². The molecule has 5 rings (SSSR count). The molecule has 0 aliphatic carbocycles. The van der Waals surface area contributed by atoms with Crippen LogP contribution in [0.25, 0.3) is 10.9 Å². The van der Waals surface area contributed by atoms with Crippen LogP contribution in [0.3, 0.4) is 0 Å². The minimum atomic E-state index is -1.57. The monoisotopic (exact) mass is 1060 g/mol. The van der Waals surface area contributed by atoms with Crippen LogP contribution in [0.15, 0.2) is 79.0 Å². The Morgan fingerprint density at radius 1 is 0.716 bits per heavy atom. The molecule has 1 saturated heterocycles. The molecule has 10 atom stereocenters. The highest BCUT2D eigenvalue weighted by Gasteiger charge is 2.36. The first-order chi connectivity index (χ1) is 35.4. The number of aliphatic hydroxyl groups is 2. The van der Waals surface area contributed by atoms with Crippen LogP contribution in [0.5, 0.6) is 0 Å². The van der Waals surface area contributed by atoms with Crippen LogP contribution in [0, 0.1) is 25.7 Å². The van der Waals surface area contributed by atoms with E-state index in [-0.39, 0.29) is 43.1 Å². The molecule has 0 spiro atoms. The molecule has 0 bridgehead atoms. The minimum absolute atomic E-state index is 0.00126. The van der Waals surface area contributed by atoms with Crippen molar-refractivity contribution < 1.29 is 43.8 Å². The number of para-hydroxylation sites is 1. The van der Waals surface area contributed by atoms with E-state index in [4.69, 9.17) is 0 Å². The highest BCUT2D eigenvalue weighted by atomic mass is 33.1. The normalized spacial score (nSPS) is 22.5. The number of unbranched alkanes of at least 4 members (excludes halogenated alkanes) is 3. The molecular formula is C56H77N7O9S2. The number of H-pyrrole nitrogens is 1. The molecule has 6 amide bonds. The van der Waals surface area contributed by atoms with E-state index in [1.807, 2.05) is 100 Å². The summed E-state index contributed by atoms with van der Waals surface area (Å²) in [5, 5.41) is 39.0. The SMILES string of the molecule is CCCCCC[C@@H]1NC(=O)[C@@H](Cc2c[nH]c3ccccc23)NC(=O)[C@H](Cc2ccc(C)cc2)CC(=O)[C@@H](NC(=O)[C@H](CC)Cc2ccc(C)cc2)CSSC[C@@H](C(=O)NC(C)[C@@H](C)O)NC(=O)C([C@@H](C)O)NC1=O. The van der Waals surface area contributed by atoms with Gasteiger partial charge in [-0.2, -0.15) is 0 Å². The summed E-state index contributed by atoms with van der Waals surface area (Å²) in [5.41, 5.74) is 5.34. The highest BCUT2D eigenvalue weighted by Crippen LogP contribution is 2.27. The van der Waals surface area contributed by atoms with Gasteiger partial charge < -0.3 is 47.1 Å². The standard InChI is InChI=1S/C56H77N7O9S2/c1-8-10-11-12-17-45-53(69)63-50(37(7)65)56(72)62-48(55(71)58-35(5)36(6)64)32-74-73-31-47(61-51(67)40(9-2)26-38-22-18-33(3)19-23-38)49(66)29-41(27-39-24-20-34(4)21-25-39)52(68)60-46(54(70)59-45)28-42-30-57-44-16-14-13-15-43(42)44/h13-16,18-25,30,35-37,40-41,45-48,50,57,64-65H,8-12,17,26-29,31-32H2,1-7H3,(H,58,71)(H,59,70)(H,60,68)(H,61,67)(H,62,72)(H,63,69)/t35?,36-,37-,40-,41-,45+,46-,47+,48+,50?/m1/s1. The zero-order valence-electron chi connectivity index (χ0n) is 43.8. The van der Waals surface area contributed by atoms with Crippen molar-refractivity contribution in [2.75, 3.05) is 11.5 Å². The lowest BCUT2D eigenvalue weighted by molar-refractivity contribution is -0.137. The fourth-order valence-electron chi connectivity index (χ4n) is 8.70. The lowest BCUT2D eigenvalue weighted by Gasteiger charge is -2.29. The van der Waals surface area contributed by atoms with E-state index in [2.05, 4.69) is 36.9 Å². The number of benzene rings is 3. The minimum Gasteiger partial charge on any atom is -0.391 e. The second-order valence-corrected chi connectivity index (χ2v) is 22.4. The third-order valence-corrected chi connectivity index (χ3v) is 16.1. The molecule has 0 radical (unpaired) electrons. The third-order valence-electron chi connectivity index (χ3n) is 13.6. The average Bonchev–Trinajstić information content (AvgIpc) is 3.78. The summed E-state index contributed by atoms with van der Waals surface area (Å²) in [6.45, 7) is 12.3. The summed E-state index contributed by atoms with van der Waals surface area (Å²) in [4.78, 5) is 104. The van der Waals surface area contributed by atoms with E-state index >= 15 is 0 Å². The Balaban J connectivity index is 1.58. The molecule has 4 aromatic rings. The first-order valence-electron chi connectivity index (χ1n) is 26.0. The van der Waals surface area contributed by atoms with E-state index in [1.165, 1.54) is 24.6 Å². The van der Waals surface area contributed by atoms with E-state index < -0.39 is 95.6 Å². The van der Waals surface area contributed by atoms with E-state index in [0.29, 0.717) is 24.8 Å². The van der Waals surface area contributed by atoms with Gasteiger partial charge in [0.25, 0.3) is 0 Å². The van der Waals surface area contributed by atoms with Gasteiger partial charge in [0.15, 0.2) is 5.78 Å². The number of nitrogens with one attached hydrogen (secondary N) is 7. The van der Waals surface area contributed by atoms with Gasteiger partial charge >= 0.3 is 0 Å². The summed E-state index contributed by atoms with van der Waals surface area (Å²) >= 11 is 0. The van der Waals surface area contributed by atoms with Gasteiger partial charge in [-0.3, -0.25) is 33.6 Å². The van der Waals surface area contributed by atoms with Gasteiger partial charge in [0.2, 0.25) is 35.4 Å². The number of hydrogen-bond acceptors (Lipinski definition) is 11. The summed E-state index contributed by atoms with van der Waals surface area (Å²) in [6, 6.07) is 15.9. The van der Waals surface area contributed by atoms with Crippen LogP contribution in [-0.4, -0.2) is 116 Å². The topological polar surface area (TPSA) is 248 Å². The predicted molar refractivity (Wildman–Crippen MR) is 293 cm³/mol. The first-order valence-corrected chi connectivity index (χ1v) is 28.5. The summed E-state index contributed by atoms with van der Waals surface area (Å²) < 4.78 is 0. The number of amides is 6. The highest BCUT2D eigenvalue weighted by molar-refractivity contribution is 8.76. The lowest BCUT2D eigenvalue weighted by atomic mass is 9.90. The van der Waals surface area contributed by atoms with Crippen LogP contribution in [0.4, 0.5) is 0 Å². The van der Waals surface area contributed by atoms with Gasteiger partial charge in [-0.25, -0.2) is 0 Å². The van der Waals surface area contributed by atoms with Crippen LogP contribution in [0.2, 0.25) is 0 Å². The number of rotatable bonds is 18. The Kier molecular flexibility index (Phi) is 23.5. The second-order valence-electron chi connectivity index (χ2n) is 19.8. The molecule has 16 nitrogen and oxygen atoms in total. The Labute approximate surface area is 443 Å². The van der Waals surface area contributed by atoms with Gasteiger partial charge in [-0.15, -0.1) is 0 Å². The average molecular weight is 1060 g/mol. The number of aliphatic hydroxyl groups excluding tert-OH is 2. The smallest absolute Gasteiger partial charge is 0.245 e. The number of ketones is 1. The number of aromatic amines is 1. The fourth-order valence-corrected chi connectivity index (χ4v) is 11.1. The molecular weight excluding hydrogens is 979 g/mol. The zero-order chi connectivity index (χ0) is 53.9. The Morgan fingerprint density at radius 2 is 1.35 bits per heavy atom. The first kappa shape index (κ1) is 59.2. The molecule has 3 aromatic carbocycles. The Hall–Kier alpha value is -5.69. The number of aryl methyl sites for hydroxylation is 2. The van der Waals surface area contributed by atoms with Gasteiger partial charge in [0.05, 0.1) is 24.3 Å². The summed E-state index contributed by atoms with van der Waals surface area (Å²) in [5.74, 6) is -5.87. The van der Waals surface area contributed by atoms with Crippen molar-refractivity contribution in [1.82, 2.24) is 36.9 Å². The summed E-state index contributed by atoms with van der Waals surface area (Å²) in [7, 11) is 2.34. The molecule has 1 aromatic heterocycles. The third kappa shape index (κ3) is 18.0. The number of carbonyl (C=O) groups excluding carboxylic acids is 7. The van der Waals surface area contributed by atoms with Crippen molar-refractivity contribution in [3.63, 3.8) is 0 Å². The van der Waals surface area contributed by atoms with Gasteiger partial charge in [-0.05, 0) is 83.1 Å². The molecule has 18 heteroatoms. The molecule has 2 unspecified atom stereocenters. The van der Waals surface area contributed by atoms with Crippen LogP contribution < -0.4 is 31.9 Å². The van der Waals surface area contributed by atoms with E-state index in [0.717, 1.165) is 63.2 Å². The zero-order valence-corrected chi connectivity index (χ0v) is 45.5. The maximum absolute atomic E-state index is 15.0. The predicted octanol–water partition coefficient (Wildman–Crippen LogP) is 5.47. The lowest BCUT2D eigenvalue weighted by Crippen LogP contribution is -2.61. The number of hydrogen-bond donors (Lipinski definition) is 9. The fraction of sp³-hybridized carbons (Fsp3) is 0.518. The van der Waals surface area contributed by atoms with Crippen molar-refractivity contribution in [2.45, 2.75) is 161 Å². The number of Topliss-reactive ketones (excluding diaryl/α,β-unsaturated/α-hetero) is 1. The van der Waals surface area contributed by atoms with Crippen molar-refractivity contribution in [3.05, 3.63) is 107 Å². The molecule has 1 aliphatic rings. The summed E-state index contributed by atoms with van der Waals surface area (Å²) in [6.07, 6.45) is 3.29. The van der Waals surface area contributed by atoms with Crippen LogP contribution in [0.1, 0.15) is 107 Å². The molecule has 74 heavy (non-hydrogen) atoms. The molecule has 402 valence electrons. The quantitative estimate of drug-likeness (QED) is 0.0447. The second kappa shape index (κ2) is 29.4. The van der Waals surface area contributed by atoms with Gasteiger partial charge in [-0.1, -0.05) is 139 Å². The Bertz CT molecular complexity index is 2500. The molecule has 9 N–H and O–H groups in total. The number of carbonyl (C=O) groups is 7. The maximum atomic E-state index is 15.0. The van der Waals surface area contributed by atoms with Gasteiger partial charge in [0.1, 0.15) is 24.2 Å². The van der Waals surface area contributed by atoms with Crippen LogP contribution >= 0.6 is 21.6 Å². The number of fused-ring (bicyclic) bond motifs is 1. The van der Waals surface area contributed by atoms with E-state index in [9.17, 15) is 43.8 Å². The molecule has 1 aliphatic heterocycles. The Morgan fingerprint density at radius 3 is 2.00 bits per heavy atom. The van der Waals surface area contributed by atoms with Crippen molar-refractivity contribution >= 4 is 73.7 Å². The molecule has 2 heterocycles. The molecule has 0 saturated carbocycles. The van der Waals surface area contributed by atoms with Crippen molar-refractivity contribution in [2.24, 2.45) is 11.8 Å². The maximum Gasteiger partial charge on any atom is 0.245 e. The van der Waals surface area contributed by atoms with Gasteiger partial charge in [0, 0.05) is 53.3 Å².